The molecule has 0 heterocycles. The van der Waals surface area contributed by atoms with Gasteiger partial charge in [0, 0.05) is 6.54 Å². The Balaban J connectivity index is 1.68. The van der Waals surface area contributed by atoms with Crippen LogP contribution in [0.25, 0.3) is 0 Å². The maximum atomic E-state index is 13.4. The predicted octanol–water partition coefficient (Wildman–Crippen LogP) is 4.34. The zero-order valence-electron chi connectivity index (χ0n) is 19.0. The Morgan fingerprint density at radius 1 is 0.970 bits per heavy atom. The molecule has 3 aromatic rings. The van der Waals surface area contributed by atoms with Gasteiger partial charge in [-0.3, -0.25) is 9.10 Å². The lowest BCUT2D eigenvalue weighted by Gasteiger charge is -2.24. The molecule has 33 heavy (non-hydrogen) atoms. The van der Waals surface area contributed by atoms with Crippen LogP contribution in [0, 0.1) is 6.92 Å². The third-order valence-electron chi connectivity index (χ3n) is 5.10. The summed E-state index contributed by atoms with van der Waals surface area (Å²) in [7, 11) is -3.94. The van der Waals surface area contributed by atoms with Crippen molar-refractivity contribution in [1.82, 2.24) is 5.32 Å². The predicted molar refractivity (Wildman–Crippen MR) is 131 cm³/mol. The summed E-state index contributed by atoms with van der Waals surface area (Å²) in [5, 5.41) is 2.85. The van der Waals surface area contributed by atoms with Crippen molar-refractivity contribution in [3.63, 3.8) is 0 Å². The van der Waals surface area contributed by atoms with E-state index in [9.17, 15) is 13.2 Å². The summed E-state index contributed by atoms with van der Waals surface area (Å²) >= 11 is 0. The van der Waals surface area contributed by atoms with Crippen LogP contribution in [0.5, 0.6) is 5.75 Å². The third-order valence-corrected chi connectivity index (χ3v) is 6.89. The standard InChI is InChI=1S/C26H30N2O4S/c1-3-32-24-14-16-25(17-15-24)33(30,31)28(23-12-5-4-6-13-23)20-26(29)27-18-8-11-22-10-7-9-21(2)19-22/h4-7,9-10,12-17,19H,3,8,11,18,20H2,1-2H3,(H,27,29). The molecule has 0 fully saturated rings. The van der Waals surface area contributed by atoms with Crippen LogP contribution >= 0.6 is 0 Å². The minimum atomic E-state index is -3.94. The van der Waals surface area contributed by atoms with E-state index in [2.05, 4.69) is 17.4 Å². The lowest BCUT2D eigenvalue weighted by molar-refractivity contribution is -0.119. The number of aryl methyl sites for hydroxylation is 2. The summed E-state index contributed by atoms with van der Waals surface area (Å²) in [5.41, 5.74) is 2.85. The average Bonchev–Trinajstić information content (AvgIpc) is 2.81. The number of nitrogens with one attached hydrogen (secondary N) is 1. The van der Waals surface area contributed by atoms with E-state index >= 15 is 0 Å². The molecular formula is C26H30N2O4S. The fraction of sp³-hybridized carbons (Fsp3) is 0.269. The van der Waals surface area contributed by atoms with Crippen LogP contribution in [0.4, 0.5) is 5.69 Å². The van der Waals surface area contributed by atoms with E-state index in [0.29, 0.717) is 24.6 Å². The van der Waals surface area contributed by atoms with Crippen LogP contribution in [0.15, 0.2) is 83.8 Å². The number of nitrogens with zero attached hydrogens (tertiary/aromatic N) is 1. The van der Waals surface area contributed by atoms with Crippen molar-refractivity contribution >= 4 is 21.6 Å². The first kappa shape index (κ1) is 24.3. The first-order valence-electron chi connectivity index (χ1n) is 11.0. The molecule has 0 saturated carbocycles. The van der Waals surface area contributed by atoms with Crippen LogP contribution < -0.4 is 14.4 Å². The lowest BCUT2D eigenvalue weighted by atomic mass is 10.1. The molecule has 0 aromatic heterocycles. The smallest absolute Gasteiger partial charge is 0.264 e. The quantitative estimate of drug-likeness (QED) is 0.427. The van der Waals surface area contributed by atoms with Gasteiger partial charge >= 0.3 is 0 Å². The Bertz CT molecular complexity index is 1150. The number of hydrogen-bond donors (Lipinski definition) is 1. The maximum absolute atomic E-state index is 13.4. The van der Waals surface area contributed by atoms with Crippen LogP contribution in [0.2, 0.25) is 0 Å². The van der Waals surface area contributed by atoms with Gasteiger partial charge in [0.15, 0.2) is 0 Å². The number of amides is 1. The van der Waals surface area contributed by atoms with Gasteiger partial charge in [0.05, 0.1) is 17.2 Å². The molecule has 6 nitrogen and oxygen atoms in total. The second kappa shape index (κ2) is 11.5. The first-order chi connectivity index (χ1) is 15.9. The van der Waals surface area contributed by atoms with Gasteiger partial charge < -0.3 is 10.1 Å². The van der Waals surface area contributed by atoms with Crippen LogP contribution in [-0.2, 0) is 21.2 Å². The summed E-state index contributed by atoms with van der Waals surface area (Å²) in [6.45, 7) is 4.57. The van der Waals surface area contributed by atoms with Crippen molar-refractivity contribution in [2.75, 3.05) is 24.0 Å². The van der Waals surface area contributed by atoms with E-state index < -0.39 is 10.0 Å². The molecule has 0 bridgehead atoms. The molecule has 0 aliphatic rings. The highest BCUT2D eigenvalue weighted by Gasteiger charge is 2.27. The van der Waals surface area contributed by atoms with Crippen molar-refractivity contribution in [3.05, 3.63) is 90.0 Å². The van der Waals surface area contributed by atoms with Crippen LogP contribution in [-0.4, -0.2) is 34.0 Å². The summed E-state index contributed by atoms with van der Waals surface area (Å²) < 4.78 is 33.3. The molecule has 0 atom stereocenters. The van der Waals surface area contributed by atoms with E-state index in [1.54, 1.807) is 42.5 Å². The van der Waals surface area contributed by atoms with Gasteiger partial charge in [-0.2, -0.15) is 0 Å². The molecule has 3 aromatic carbocycles. The summed E-state index contributed by atoms with van der Waals surface area (Å²) in [6.07, 6.45) is 1.61. The number of carbonyl (C=O) groups is 1. The Kier molecular flexibility index (Phi) is 8.49. The molecule has 1 amide bonds. The number of hydrogen-bond acceptors (Lipinski definition) is 4. The molecule has 3 rings (SSSR count). The Hall–Kier alpha value is -3.32. The van der Waals surface area contributed by atoms with Crippen molar-refractivity contribution in [2.45, 2.75) is 31.6 Å². The van der Waals surface area contributed by atoms with Crippen LogP contribution in [0.3, 0.4) is 0 Å². The van der Waals surface area contributed by atoms with Gasteiger partial charge in [0.2, 0.25) is 5.91 Å². The Morgan fingerprint density at radius 3 is 2.36 bits per heavy atom. The summed E-state index contributed by atoms with van der Waals surface area (Å²) in [4.78, 5) is 12.8. The number of rotatable bonds is 11. The number of sulfonamides is 1. The average molecular weight is 467 g/mol. The SMILES string of the molecule is CCOc1ccc(S(=O)(=O)N(CC(=O)NCCCc2cccc(C)c2)c2ccccc2)cc1. The Morgan fingerprint density at radius 2 is 1.70 bits per heavy atom. The van der Waals surface area contributed by atoms with Gasteiger partial charge in [-0.05, 0) is 68.7 Å². The molecule has 174 valence electrons. The molecule has 0 saturated heterocycles. The van der Waals surface area contributed by atoms with Gasteiger partial charge in [-0.25, -0.2) is 8.42 Å². The number of anilines is 1. The molecule has 0 radical (unpaired) electrons. The second-order valence-electron chi connectivity index (χ2n) is 7.69. The lowest BCUT2D eigenvalue weighted by Crippen LogP contribution is -2.41. The Labute approximate surface area is 196 Å². The van der Waals surface area contributed by atoms with Crippen molar-refractivity contribution < 1.29 is 17.9 Å². The molecule has 1 N–H and O–H groups in total. The summed E-state index contributed by atoms with van der Waals surface area (Å²) in [5.74, 6) is 0.242. The van der Waals surface area contributed by atoms with Crippen molar-refractivity contribution in [3.8, 4) is 5.75 Å². The highest BCUT2D eigenvalue weighted by Crippen LogP contribution is 2.25. The fourth-order valence-electron chi connectivity index (χ4n) is 3.49. The van der Waals surface area contributed by atoms with Crippen LogP contribution in [0.1, 0.15) is 24.5 Å². The largest absolute Gasteiger partial charge is 0.494 e. The highest BCUT2D eigenvalue weighted by molar-refractivity contribution is 7.92. The molecule has 0 spiro atoms. The minimum absolute atomic E-state index is 0.0991. The fourth-order valence-corrected chi connectivity index (χ4v) is 4.91. The van der Waals surface area contributed by atoms with Gasteiger partial charge in [0.1, 0.15) is 12.3 Å². The molecule has 0 unspecified atom stereocenters. The molecular weight excluding hydrogens is 436 g/mol. The third kappa shape index (κ3) is 6.83. The molecule has 7 heteroatoms. The topological polar surface area (TPSA) is 75.7 Å². The zero-order chi connectivity index (χ0) is 23.7. The summed E-state index contributed by atoms with van der Waals surface area (Å²) in [6, 6.07) is 23.1. The second-order valence-corrected chi connectivity index (χ2v) is 9.56. The highest BCUT2D eigenvalue weighted by atomic mass is 32.2. The van der Waals surface area contributed by atoms with E-state index in [1.807, 2.05) is 26.0 Å². The van der Waals surface area contributed by atoms with E-state index in [-0.39, 0.29) is 17.3 Å². The number of carbonyl (C=O) groups excluding carboxylic acids is 1. The zero-order valence-corrected chi connectivity index (χ0v) is 19.8. The number of benzene rings is 3. The molecule has 0 aliphatic carbocycles. The molecule has 0 aliphatic heterocycles. The number of ether oxygens (including phenoxy) is 1. The minimum Gasteiger partial charge on any atom is -0.494 e. The van der Waals surface area contributed by atoms with Gasteiger partial charge in [0.25, 0.3) is 10.0 Å². The normalized spacial score (nSPS) is 11.1. The van der Waals surface area contributed by atoms with Crippen molar-refractivity contribution in [1.29, 1.82) is 0 Å². The van der Waals surface area contributed by atoms with E-state index in [0.717, 1.165) is 17.1 Å². The van der Waals surface area contributed by atoms with Crippen molar-refractivity contribution in [2.24, 2.45) is 0 Å². The van der Waals surface area contributed by atoms with E-state index in [1.165, 1.54) is 23.3 Å². The van der Waals surface area contributed by atoms with E-state index in [4.69, 9.17) is 4.74 Å². The monoisotopic (exact) mass is 466 g/mol. The number of para-hydroxylation sites is 1. The maximum Gasteiger partial charge on any atom is 0.264 e. The van der Waals surface area contributed by atoms with Gasteiger partial charge in [-0.1, -0.05) is 48.0 Å². The first-order valence-corrected chi connectivity index (χ1v) is 12.5. The van der Waals surface area contributed by atoms with Gasteiger partial charge in [-0.15, -0.1) is 0 Å².